The molecule has 104 valence electrons. The normalized spacial score (nSPS) is 37.2. The molecule has 4 unspecified atom stereocenters. The highest BCUT2D eigenvalue weighted by molar-refractivity contribution is 5.78. The Kier molecular flexibility index (Phi) is 4.97. The van der Waals surface area contributed by atoms with Crippen molar-refractivity contribution < 1.29 is 14.3 Å². The minimum absolute atomic E-state index is 0.00242. The zero-order valence-electron chi connectivity index (χ0n) is 11.1. The predicted molar refractivity (Wildman–Crippen MR) is 68.0 cm³/mol. The molecule has 0 aromatic rings. The molecule has 1 saturated heterocycles. The van der Waals surface area contributed by atoms with Crippen LogP contribution in [-0.4, -0.2) is 44.4 Å². The van der Waals surface area contributed by atoms with E-state index in [0.717, 1.165) is 19.3 Å². The summed E-state index contributed by atoms with van der Waals surface area (Å²) in [6.07, 6.45) is 2.78. The van der Waals surface area contributed by atoms with E-state index in [9.17, 15) is 4.79 Å². The monoisotopic (exact) mass is 256 g/mol. The maximum atomic E-state index is 12.1. The van der Waals surface area contributed by atoms with Crippen LogP contribution in [0, 0.1) is 11.8 Å². The molecule has 4 atom stereocenters. The van der Waals surface area contributed by atoms with E-state index in [1.165, 1.54) is 0 Å². The van der Waals surface area contributed by atoms with Gasteiger partial charge in [0.25, 0.3) is 0 Å². The second kappa shape index (κ2) is 6.50. The van der Waals surface area contributed by atoms with E-state index in [2.05, 4.69) is 12.2 Å². The van der Waals surface area contributed by atoms with Crippen LogP contribution in [0.3, 0.4) is 0 Å². The van der Waals surface area contributed by atoms with Gasteiger partial charge in [-0.2, -0.15) is 0 Å². The molecule has 2 aliphatic rings. The molecule has 1 heterocycles. The van der Waals surface area contributed by atoms with Crippen molar-refractivity contribution in [2.24, 2.45) is 17.6 Å². The molecule has 1 amide bonds. The van der Waals surface area contributed by atoms with E-state index < -0.39 is 0 Å². The highest BCUT2D eigenvalue weighted by Crippen LogP contribution is 2.28. The molecule has 2 fully saturated rings. The lowest BCUT2D eigenvalue weighted by molar-refractivity contribution is -0.129. The van der Waals surface area contributed by atoms with Gasteiger partial charge in [0, 0.05) is 18.5 Å². The molecular weight excluding hydrogens is 232 g/mol. The Balaban J connectivity index is 1.73. The van der Waals surface area contributed by atoms with Crippen LogP contribution in [0.5, 0.6) is 0 Å². The summed E-state index contributed by atoms with van der Waals surface area (Å²) in [5.74, 6) is 0.721. The van der Waals surface area contributed by atoms with Crippen LogP contribution in [0.4, 0.5) is 0 Å². The number of nitrogens with two attached hydrogens (primary N) is 1. The van der Waals surface area contributed by atoms with E-state index in [-0.39, 0.29) is 24.0 Å². The van der Waals surface area contributed by atoms with Gasteiger partial charge in [-0.3, -0.25) is 4.79 Å². The quantitative estimate of drug-likeness (QED) is 0.761. The first kappa shape index (κ1) is 13.8. The summed E-state index contributed by atoms with van der Waals surface area (Å²) >= 11 is 0. The van der Waals surface area contributed by atoms with Crippen LogP contribution in [0.15, 0.2) is 0 Å². The first-order valence-corrected chi connectivity index (χ1v) is 6.87. The molecular formula is C13H24N2O3. The van der Waals surface area contributed by atoms with Crippen molar-refractivity contribution in [3.8, 4) is 0 Å². The van der Waals surface area contributed by atoms with Crippen molar-refractivity contribution >= 4 is 5.91 Å². The first-order chi connectivity index (χ1) is 8.65. The van der Waals surface area contributed by atoms with Gasteiger partial charge >= 0.3 is 0 Å². The molecule has 0 spiro atoms. The number of nitrogens with one attached hydrogen (secondary N) is 1. The van der Waals surface area contributed by atoms with Crippen LogP contribution in [0.1, 0.15) is 26.2 Å². The largest absolute Gasteiger partial charge is 0.376 e. The van der Waals surface area contributed by atoms with E-state index in [1.54, 1.807) is 0 Å². The Morgan fingerprint density at radius 3 is 2.83 bits per heavy atom. The molecule has 5 nitrogen and oxygen atoms in total. The van der Waals surface area contributed by atoms with E-state index in [4.69, 9.17) is 15.2 Å². The maximum absolute atomic E-state index is 12.1. The molecule has 2 rings (SSSR count). The molecule has 3 N–H and O–H groups in total. The Bertz CT molecular complexity index is 269. The van der Waals surface area contributed by atoms with Gasteiger partial charge in [0.2, 0.25) is 5.91 Å². The molecule has 5 heteroatoms. The number of carbonyl (C=O) groups excluding carboxylic acids is 1. The Morgan fingerprint density at radius 2 is 2.17 bits per heavy atom. The van der Waals surface area contributed by atoms with Gasteiger partial charge in [0.1, 0.15) is 0 Å². The molecule has 1 aliphatic heterocycles. The fourth-order valence-corrected chi connectivity index (χ4v) is 2.88. The summed E-state index contributed by atoms with van der Waals surface area (Å²) < 4.78 is 10.8. The Morgan fingerprint density at radius 1 is 1.33 bits per heavy atom. The minimum Gasteiger partial charge on any atom is -0.376 e. The summed E-state index contributed by atoms with van der Waals surface area (Å²) in [6, 6.07) is 0.166. The number of rotatable bonds is 3. The number of hydrogen-bond donors (Lipinski definition) is 2. The summed E-state index contributed by atoms with van der Waals surface area (Å²) in [5, 5.41) is 2.96. The van der Waals surface area contributed by atoms with Crippen LogP contribution in [-0.2, 0) is 14.3 Å². The Hall–Kier alpha value is -0.650. The van der Waals surface area contributed by atoms with Gasteiger partial charge in [-0.1, -0.05) is 6.92 Å². The van der Waals surface area contributed by atoms with Crippen molar-refractivity contribution in [3.05, 3.63) is 0 Å². The molecule has 0 radical (unpaired) electrons. The van der Waals surface area contributed by atoms with Crippen LogP contribution in [0.2, 0.25) is 0 Å². The third-order valence-electron chi connectivity index (χ3n) is 3.74. The van der Waals surface area contributed by atoms with Crippen molar-refractivity contribution in [1.29, 1.82) is 0 Å². The van der Waals surface area contributed by atoms with Crippen LogP contribution >= 0.6 is 0 Å². The second-order valence-corrected chi connectivity index (χ2v) is 5.58. The number of hydrogen-bond acceptors (Lipinski definition) is 4. The lowest BCUT2D eigenvalue weighted by Gasteiger charge is -2.31. The van der Waals surface area contributed by atoms with Gasteiger partial charge in [-0.15, -0.1) is 0 Å². The summed E-state index contributed by atoms with van der Waals surface area (Å²) in [6.45, 7) is 4.54. The smallest absolute Gasteiger partial charge is 0.223 e. The summed E-state index contributed by atoms with van der Waals surface area (Å²) in [7, 11) is 0. The average Bonchev–Trinajstić information content (AvgIpc) is 2.36. The van der Waals surface area contributed by atoms with Gasteiger partial charge in [0.05, 0.1) is 25.9 Å². The summed E-state index contributed by atoms with van der Waals surface area (Å²) in [4.78, 5) is 12.1. The first-order valence-electron chi connectivity index (χ1n) is 6.87. The topological polar surface area (TPSA) is 73.6 Å². The fraction of sp³-hybridized carbons (Fsp3) is 0.923. The zero-order valence-corrected chi connectivity index (χ0v) is 11.1. The molecule has 1 aliphatic carbocycles. The predicted octanol–water partition coefficient (Wildman–Crippen LogP) is 0.282. The van der Waals surface area contributed by atoms with Gasteiger partial charge in [0.15, 0.2) is 0 Å². The molecule has 0 bridgehead atoms. The van der Waals surface area contributed by atoms with Crippen molar-refractivity contribution in [3.63, 3.8) is 0 Å². The number of amides is 1. The average molecular weight is 256 g/mol. The van der Waals surface area contributed by atoms with Crippen LogP contribution < -0.4 is 11.1 Å². The fourth-order valence-electron chi connectivity index (χ4n) is 2.88. The van der Waals surface area contributed by atoms with Crippen molar-refractivity contribution in [2.45, 2.75) is 38.3 Å². The highest BCUT2D eigenvalue weighted by Gasteiger charge is 2.29. The minimum atomic E-state index is -0.00242. The third-order valence-corrected chi connectivity index (χ3v) is 3.74. The van der Waals surface area contributed by atoms with Gasteiger partial charge in [-0.25, -0.2) is 0 Å². The molecule has 1 saturated carbocycles. The van der Waals surface area contributed by atoms with Gasteiger partial charge in [-0.05, 0) is 25.2 Å². The molecule has 0 aromatic heterocycles. The SMILES string of the molecule is CC1CC(N)CC(C(=O)NCC2COCCO2)C1. The molecule has 18 heavy (non-hydrogen) atoms. The lowest BCUT2D eigenvalue weighted by Crippen LogP contribution is -2.44. The van der Waals surface area contributed by atoms with E-state index >= 15 is 0 Å². The van der Waals surface area contributed by atoms with Crippen LogP contribution in [0.25, 0.3) is 0 Å². The standard InChI is InChI=1S/C13H24N2O3/c1-9-4-10(6-11(14)5-9)13(16)15-7-12-8-17-2-3-18-12/h9-12H,2-8,14H2,1H3,(H,15,16). The summed E-state index contributed by atoms with van der Waals surface area (Å²) in [5.41, 5.74) is 5.97. The van der Waals surface area contributed by atoms with Gasteiger partial charge < -0.3 is 20.5 Å². The molecule has 0 aromatic carbocycles. The van der Waals surface area contributed by atoms with Crippen molar-refractivity contribution in [2.75, 3.05) is 26.4 Å². The number of carbonyl (C=O) groups is 1. The third kappa shape index (κ3) is 3.93. The second-order valence-electron chi connectivity index (χ2n) is 5.58. The van der Waals surface area contributed by atoms with Crippen molar-refractivity contribution in [1.82, 2.24) is 5.32 Å². The van der Waals surface area contributed by atoms with E-state index in [1.807, 2.05) is 0 Å². The lowest BCUT2D eigenvalue weighted by atomic mass is 9.79. The number of ether oxygens (including phenoxy) is 2. The Labute approximate surface area is 108 Å². The highest BCUT2D eigenvalue weighted by atomic mass is 16.6. The maximum Gasteiger partial charge on any atom is 0.223 e. The zero-order chi connectivity index (χ0) is 13.0. The van der Waals surface area contributed by atoms with E-state index in [0.29, 0.717) is 32.3 Å².